The van der Waals surface area contributed by atoms with E-state index in [1.807, 2.05) is 12.1 Å². The van der Waals surface area contributed by atoms with E-state index in [1.54, 1.807) is 0 Å². The zero-order valence-corrected chi connectivity index (χ0v) is 81.1. The van der Waals surface area contributed by atoms with Crippen molar-refractivity contribution in [2.45, 2.75) is 0 Å². The first-order chi connectivity index (χ1) is 74.5. The summed E-state index contributed by atoms with van der Waals surface area (Å²) in [5.41, 5.74) is 35.8. The number of rotatable bonds is 9. The number of hydrogen-bond acceptors (Lipinski definition) is 5. The lowest BCUT2D eigenvalue weighted by Gasteiger charge is -2.25. The normalized spacial score (nSPS) is 12.1. The first kappa shape index (κ1) is 83.4. The van der Waals surface area contributed by atoms with Gasteiger partial charge < -0.3 is 9.47 Å². The molecule has 3 aliphatic carbocycles. The van der Waals surface area contributed by atoms with E-state index in [0.717, 1.165) is 89.6 Å². The standard InChI is InChI=1S/C54H34N2.2C44H25N3/c1-3-15-38(16-4-1)55(39-17-5-2-6-18-39)40-30-26-35(27-31-40)36-28-32-41(33-29-36)56-49-25-13-24-45-43-20-9-10-21-44(43)48-34-37-14-7-8-19-42(37)50-46-22-11-12-23-47(46)54(56)53(51(45)49)52(48)50;1-2-13-26(14-3-1)42-44(46-36-23-11-10-22-35(36)45-42)47-37-24-12-21-31-29-17-6-7-18-30(29)34-25-27-15-4-5-16-28(27)38-32-19-8-9-20-33(32)43(47)41(39(31)37)40(34)38;1-2-13-26(14-3-1)42-34-21-10-11-23-36(34)45-44(46-42)47-37-24-12-22-31-29-17-6-7-18-30(29)35-25-27-15-4-5-16-28(27)38-32-19-8-9-20-33(32)43(47)41(39(31)37)40(35)38/h1-34H;2*1-25H. The van der Waals surface area contributed by atoms with E-state index in [1.165, 1.54) is 224 Å². The minimum atomic E-state index is 0.681. The van der Waals surface area contributed by atoms with Crippen molar-refractivity contribution in [1.29, 1.82) is 0 Å². The number of benzene rings is 26. The minimum absolute atomic E-state index is 0.681. The highest BCUT2D eigenvalue weighted by atomic mass is 15.2. The molecular weight excluding hydrogens is 1820 g/mol. The lowest BCUT2D eigenvalue weighted by atomic mass is 9.88. The molecule has 0 unspecified atom stereocenters. The summed E-state index contributed by atoms with van der Waals surface area (Å²) < 4.78 is 7.26. The molecule has 8 nitrogen and oxygen atoms in total. The Bertz CT molecular complexity index is 11200. The molecular formula is C142H84N8. The fourth-order valence-corrected chi connectivity index (χ4v) is 25.9. The van der Waals surface area contributed by atoms with Gasteiger partial charge in [0.1, 0.15) is 5.69 Å². The second kappa shape index (κ2) is 32.7. The topological polar surface area (TPSA) is 69.6 Å². The van der Waals surface area contributed by atoms with Gasteiger partial charge in [0.15, 0.2) is 5.82 Å². The SMILES string of the molecule is c1ccc(-c2nc(-n3c4cccc5c4c4c6c(cc7ccccc7c6c6ccccc6c43)-c3ccccc3-5)nc3ccccc23)cc1.c1ccc(-c2nc3ccccc3nc2-n2c3cccc4c3c3c5c(cc6ccccc6c5c5ccccc5c32)-c2ccccc2-4)cc1.c1ccc(N(c2ccccc2)c2ccc(-c3ccc(-n4c5cccc6c5c5c7c(cc8ccccc8c7c7ccccc7c54)-c4ccccc4-6)cc3)cc2)cc1. The molecule has 0 aliphatic heterocycles. The van der Waals surface area contributed by atoms with Crippen molar-refractivity contribution in [1.82, 2.24) is 33.6 Å². The van der Waals surface area contributed by atoms with E-state index in [-0.39, 0.29) is 0 Å². The van der Waals surface area contributed by atoms with Crippen molar-refractivity contribution in [3.8, 4) is 118 Å². The van der Waals surface area contributed by atoms with Crippen molar-refractivity contribution >= 4 is 201 Å². The van der Waals surface area contributed by atoms with Crippen LogP contribution in [0.15, 0.2) is 510 Å². The fourth-order valence-electron chi connectivity index (χ4n) is 25.9. The molecule has 0 spiro atoms. The molecule has 5 aromatic heterocycles. The Kier molecular flexibility index (Phi) is 18.2. The van der Waals surface area contributed by atoms with Gasteiger partial charge in [-0.2, -0.15) is 0 Å². The van der Waals surface area contributed by atoms with E-state index in [0.29, 0.717) is 5.95 Å². The Morgan fingerprint density at radius 2 is 0.467 bits per heavy atom. The first-order valence-corrected chi connectivity index (χ1v) is 51.6. The molecule has 692 valence electrons. The second-order valence-electron chi connectivity index (χ2n) is 39.8. The zero-order valence-electron chi connectivity index (χ0n) is 81.1. The van der Waals surface area contributed by atoms with Crippen LogP contribution in [0.3, 0.4) is 0 Å². The maximum absolute atomic E-state index is 5.45. The predicted molar refractivity (Wildman–Crippen MR) is 630 cm³/mol. The number of para-hydroxylation sites is 5. The lowest BCUT2D eigenvalue weighted by Crippen LogP contribution is -2.09. The summed E-state index contributed by atoms with van der Waals surface area (Å²) in [4.78, 5) is 23.8. The molecule has 8 heteroatoms. The molecule has 150 heavy (non-hydrogen) atoms. The molecule has 26 aromatic carbocycles. The summed E-state index contributed by atoms with van der Waals surface area (Å²) >= 11 is 0. The van der Waals surface area contributed by atoms with Crippen LogP contribution in [-0.4, -0.2) is 33.6 Å². The molecule has 0 bridgehead atoms. The largest absolute Gasteiger partial charge is 0.311 e. The van der Waals surface area contributed by atoms with Gasteiger partial charge in [-0.15, -0.1) is 0 Å². The summed E-state index contributed by atoms with van der Waals surface area (Å²) in [5.74, 6) is 1.52. The van der Waals surface area contributed by atoms with Gasteiger partial charge in [0.05, 0.1) is 55.3 Å². The van der Waals surface area contributed by atoms with Crippen LogP contribution in [0.4, 0.5) is 17.1 Å². The second-order valence-corrected chi connectivity index (χ2v) is 39.8. The third-order valence-corrected chi connectivity index (χ3v) is 32.0. The summed E-state index contributed by atoms with van der Waals surface area (Å²) in [5, 5.41) is 31.7. The molecule has 0 saturated heterocycles. The van der Waals surface area contributed by atoms with E-state index in [9.17, 15) is 0 Å². The number of aromatic nitrogens is 7. The van der Waals surface area contributed by atoms with Crippen LogP contribution in [0.25, 0.3) is 302 Å². The van der Waals surface area contributed by atoms with Crippen LogP contribution >= 0.6 is 0 Å². The highest BCUT2D eigenvalue weighted by Crippen LogP contribution is 2.60. The van der Waals surface area contributed by atoms with Crippen molar-refractivity contribution in [2.24, 2.45) is 0 Å². The Labute approximate surface area is 861 Å². The highest BCUT2D eigenvalue weighted by molar-refractivity contribution is 6.45. The zero-order chi connectivity index (χ0) is 98.0. The molecule has 5 heterocycles. The third-order valence-electron chi connectivity index (χ3n) is 32.0. The molecule has 31 aromatic rings. The van der Waals surface area contributed by atoms with Gasteiger partial charge in [-0.3, -0.25) is 9.13 Å². The maximum atomic E-state index is 5.45. The molecule has 0 atom stereocenters. The minimum Gasteiger partial charge on any atom is -0.311 e. The van der Waals surface area contributed by atoms with Crippen LogP contribution in [0, 0.1) is 0 Å². The average Bonchev–Trinajstić information content (AvgIpc) is 1.52. The van der Waals surface area contributed by atoms with Gasteiger partial charge >= 0.3 is 0 Å². The van der Waals surface area contributed by atoms with Crippen molar-refractivity contribution in [3.05, 3.63) is 510 Å². The summed E-state index contributed by atoms with van der Waals surface area (Å²) in [6, 6.07) is 185. The van der Waals surface area contributed by atoms with E-state index >= 15 is 0 Å². The van der Waals surface area contributed by atoms with Gasteiger partial charge in [0, 0.05) is 104 Å². The molecule has 0 saturated carbocycles. The van der Waals surface area contributed by atoms with Gasteiger partial charge in [-0.05, 0) is 246 Å². The highest BCUT2D eigenvalue weighted by Gasteiger charge is 2.35. The predicted octanol–water partition coefficient (Wildman–Crippen LogP) is 38.0. The third kappa shape index (κ3) is 12.2. The fraction of sp³-hybridized carbons (Fsp3) is 0. The average molecular weight is 1900 g/mol. The first-order valence-electron chi connectivity index (χ1n) is 51.6. The summed E-state index contributed by atoms with van der Waals surface area (Å²) in [7, 11) is 0. The van der Waals surface area contributed by atoms with Gasteiger partial charge in [-0.25, -0.2) is 19.9 Å². The van der Waals surface area contributed by atoms with Crippen molar-refractivity contribution in [3.63, 3.8) is 0 Å². The van der Waals surface area contributed by atoms with Gasteiger partial charge in [0.25, 0.3) is 0 Å². The van der Waals surface area contributed by atoms with Crippen LogP contribution in [0.2, 0.25) is 0 Å². The van der Waals surface area contributed by atoms with Crippen LogP contribution in [-0.2, 0) is 0 Å². The summed E-state index contributed by atoms with van der Waals surface area (Å²) in [6.45, 7) is 0. The summed E-state index contributed by atoms with van der Waals surface area (Å²) in [6.07, 6.45) is 0. The van der Waals surface area contributed by atoms with E-state index in [4.69, 9.17) is 19.9 Å². The van der Waals surface area contributed by atoms with Crippen LogP contribution in [0.5, 0.6) is 0 Å². The van der Waals surface area contributed by atoms with E-state index in [2.05, 4.69) is 516 Å². The Morgan fingerprint density at radius 3 is 0.900 bits per heavy atom. The Morgan fingerprint density at radius 1 is 0.160 bits per heavy atom. The molecule has 3 aliphatic rings. The van der Waals surface area contributed by atoms with Crippen molar-refractivity contribution < 1.29 is 0 Å². The number of nitrogens with zero attached hydrogens (tertiary/aromatic N) is 8. The van der Waals surface area contributed by atoms with Crippen LogP contribution in [0.1, 0.15) is 0 Å². The van der Waals surface area contributed by atoms with E-state index < -0.39 is 0 Å². The monoisotopic (exact) mass is 1900 g/mol. The Balaban J connectivity index is 0.0000000998. The van der Waals surface area contributed by atoms with Crippen molar-refractivity contribution in [2.75, 3.05) is 4.90 Å². The van der Waals surface area contributed by atoms with Gasteiger partial charge in [-0.1, -0.05) is 406 Å². The Hall–Kier alpha value is -20.1. The van der Waals surface area contributed by atoms with Gasteiger partial charge in [0.2, 0.25) is 5.95 Å². The number of fused-ring (bicyclic) bond motifs is 26. The lowest BCUT2D eigenvalue weighted by molar-refractivity contribution is 1.02. The quantitative estimate of drug-likeness (QED) is 0.135. The number of anilines is 3. The number of hydrogen-bond donors (Lipinski definition) is 0. The molecule has 0 amide bonds. The molecule has 34 rings (SSSR count). The molecule has 0 N–H and O–H groups in total. The van der Waals surface area contributed by atoms with Crippen LogP contribution < -0.4 is 4.90 Å². The molecule has 0 fully saturated rings. The molecule has 0 radical (unpaired) electrons. The maximum Gasteiger partial charge on any atom is 0.235 e. The smallest absolute Gasteiger partial charge is 0.235 e.